The van der Waals surface area contributed by atoms with E-state index in [2.05, 4.69) is 10.3 Å². The largest absolute Gasteiger partial charge is 0.492 e. The van der Waals surface area contributed by atoms with Gasteiger partial charge in [0.25, 0.3) is 0 Å². The van der Waals surface area contributed by atoms with E-state index in [4.69, 9.17) is 9.84 Å². The molecule has 0 unspecified atom stereocenters. The van der Waals surface area contributed by atoms with Gasteiger partial charge in [0.15, 0.2) is 5.69 Å². The Morgan fingerprint density at radius 1 is 1.50 bits per heavy atom. The van der Waals surface area contributed by atoms with Crippen molar-refractivity contribution in [3.8, 4) is 5.75 Å². The molecule has 0 spiro atoms. The highest BCUT2D eigenvalue weighted by molar-refractivity contribution is 7.14. The molecule has 18 heavy (non-hydrogen) atoms. The Bertz CT molecular complexity index is 554. The summed E-state index contributed by atoms with van der Waals surface area (Å²) in [6, 6.07) is 7.37. The Morgan fingerprint density at radius 3 is 3.00 bits per heavy atom. The molecule has 0 atom stereocenters. The third kappa shape index (κ3) is 2.60. The molecule has 0 amide bonds. The zero-order valence-corrected chi connectivity index (χ0v) is 10.5. The van der Waals surface area contributed by atoms with Gasteiger partial charge in [0.2, 0.25) is 0 Å². The van der Waals surface area contributed by atoms with Gasteiger partial charge in [0.1, 0.15) is 10.8 Å². The number of aromatic carboxylic acids is 1. The standard InChI is InChI=1S/C12H12N2O3S/c1-2-17-9-6-4-3-5-8(9)14-11-10(12(15)16)13-7-18-11/h3-7,14H,2H2,1H3,(H,15,16). The maximum atomic E-state index is 11.0. The van der Waals surface area contributed by atoms with Crippen LogP contribution in [0.4, 0.5) is 10.7 Å². The normalized spacial score (nSPS) is 10.1. The van der Waals surface area contributed by atoms with Crippen LogP contribution in [0.3, 0.4) is 0 Å². The average molecular weight is 264 g/mol. The number of anilines is 2. The fourth-order valence-electron chi connectivity index (χ4n) is 1.46. The Balaban J connectivity index is 2.28. The van der Waals surface area contributed by atoms with Crippen molar-refractivity contribution < 1.29 is 14.6 Å². The van der Waals surface area contributed by atoms with Crippen molar-refractivity contribution >= 4 is 28.0 Å². The van der Waals surface area contributed by atoms with E-state index >= 15 is 0 Å². The molecule has 2 N–H and O–H groups in total. The van der Waals surface area contributed by atoms with Gasteiger partial charge in [-0.3, -0.25) is 0 Å². The number of ether oxygens (including phenoxy) is 1. The van der Waals surface area contributed by atoms with Crippen molar-refractivity contribution in [3.63, 3.8) is 0 Å². The van der Waals surface area contributed by atoms with E-state index in [0.717, 1.165) is 5.69 Å². The van der Waals surface area contributed by atoms with E-state index < -0.39 is 5.97 Å². The van der Waals surface area contributed by atoms with E-state index in [-0.39, 0.29) is 5.69 Å². The number of hydrogen-bond donors (Lipinski definition) is 2. The minimum atomic E-state index is -1.05. The van der Waals surface area contributed by atoms with Gasteiger partial charge in [-0.25, -0.2) is 9.78 Å². The van der Waals surface area contributed by atoms with Gasteiger partial charge in [-0.15, -0.1) is 11.3 Å². The fourth-order valence-corrected chi connectivity index (χ4v) is 2.14. The third-order valence-electron chi connectivity index (χ3n) is 2.21. The molecule has 0 saturated carbocycles. The Kier molecular flexibility index (Phi) is 3.78. The number of carboxylic acid groups (broad SMARTS) is 1. The molecule has 1 aromatic heterocycles. The minimum absolute atomic E-state index is 0.0197. The van der Waals surface area contributed by atoms with Gasteiger partial charge in [-0.05, 0) is 19.1 Å². The number of thiazole rings is 1. The number of rotatable bonds is 5. The van der Waals surface area contributed by atoms with Crippen LogP contribution in [0.15, 0.2) is 29.8 Å². The smallest absolute Gasteiger partial charge is 0.357 e. The first-order chi connectivity index (χ1) is 8.72. The predicted molar refractivity (Wildman–Crippen MR) is 70.0 cm³/mol. The van der Waals surface area contributed by atoms with Crippen molar-refractivity contribution in [1.29, 1.82) is 0 Å². The Hall–Kier alpha value is -2.08. The predicted octanol–water partition coefficient (Wildman–Crippen LogP) is 2.98. The summed E-state index contributed by atoms with van der Waals surface area (Å²) in [4.78, 5) is 14.8. The van der Waals surface area contributed by atoms with Crippen LogP contribution < -0.4 is 10.1 Å². The Labute approximate surface area is 108 Å². The molecular formula is C12H12N2O3S. The lowest BCUT2D eigenvalue weighted by Gasteiger charge is -2.10. The topological polar surface area (TPSA) is 71.5 Å². The number of carbonyl (C=O) groups is 1. The van der Waals surface area contributed by atoms with Crippen LogP contribution >= 0.6 is 11.3 Å². The van der Waals surface area contributed by atoms with Gasteiger partial charge in [-0.2, -0.15) is 0 Å². The highest BCUT2D eigenvalue weighted by atomic mass is 32.1. The van der Waals surface area contributed by atoms with Crippen LogP contribution in [0, 0.1) is 0 Å². The molecule has 1 aromatic carbocycles. The van der Waals surface area contributed by atoms with Gasteiger partial charge < -0.3 is 15.2 Å². The molecule has 0 aliphatic heterocycles. The van der Waals surface area contributed by atoms with Crippen LogP contribution in [0.25, 0.3) is 0 Å². The molecular weight excluding hydrogens is 252 g/mol. The second-order valence-electron chi connectivity index (χ2n) is 3.39. The molecule has 0 saturated heterocycles. The van der Waals surface area contributed by atoms with E-state index in [1.165, 1.54) is 16.8 Å². The molecule has 0 bridgehead atoms. The first-order valence-corrected chi connectivity index (χ1v) is 6.26. The lowest BCUT2D eigenvalue weighted by molar-refractivity contribution is 0.0692. The molecule has 5 nitrogen and oxygen atoms in total. The average Bonchev–Trinajstić information content (AvgIpc) is 2.80. The molecule has 0 fully saturated rings. The molecule has 0 aliphatic carbocycles. The van der Waals surface area contributed by atoms with E-state index in [0.29, 0.717) is 17.4 Å². The van der Waals surface area contributed by atoms with Crippen LogP contribution in [-0.4, -0.2) is 22.7 Å². The quantitative estimate of drug-likeness (QED) is 0.868. The second kappa shape index (κ2) is 5.50. The van der Waals surface area contributed by atoms with Gasteiger partial charge in [0.05, 0.1) is 17.8 Å². The van der Waals surface area contributed by atoms with Crippen molar-refractivity contribution in [1.82, 2.24) is 4.98 Å². The highest BCUT2D eigenvalue weighted by Gasteiger charge is 2.14. The summed E-state index contributed by atoms with van der Waals surface area (Å²) in [7, 11) is 0. The van der Waals surface area contributed by atoms with Crippen LogP contribution in [0.1, 0.15) is 17.4 Å². The van der Waals surface area contributed by atoms with Crippen molar-refractivity contribution in [3.05, 3.63) is 35.5 Å². The van der Waals surface area contributed by atoms with Crippen LogP contribution in [0.5, 0.6) is 5.75 Å². The summed E-state index contributed by atoms with van der Waals surface area (Å²) in [5.74, 6) is -0.364. The van der Waals surface area contributed by atoms with Crippen molar-refractivity contribution in [2.24, 2.45) is 0 Å². The summed E-state index contributed by atoms with van der Waals surface area (Å²) in [6.45, 7) is 2.44. The summed E-state index contributed by atoms with van der Waals surface area (Å²) < 4.78 is 5.46. The molecule has 2 rings (SSSR count). The number of para-hydroxylation sites is 2. The number of benzene rings is 1. The molecule has 0 aliphatic rings. The molecule has 6 heteroatoms. The number of nitrogens with one attached hydrogen (secondary N) is 1. The highest BCUT2D eigenvalue weighted by Crippen LogP contribution is 2.30. The number of nitrogens with zero attached hydrogens (tertiary/aromatic N) is 1. The number of carboxylic acids is 1. The maximum Gasteiger partial charge on any atom is 0.357 e. The van der Waals surface area contributed by atoms with Crippen molar-refractivity contribution in [2.45, 2.75) is 6.92 Å². The summed E-state index contributed by atoms with van der Waals surface area (Å²) in [6.07, 6.45) is 0. The van der Waals surface area contributed by atoms with Gasteiger partial charge >= 0.3 is 5.97 Å². The summed E-state index contributed by atoms with van der Waals surface area (Å²) in [5.41, 5.74) is 2.24. The number of aromatic nitrogens is 1. The van der Waals surface area contributed by atoms with Crippen molar-refractivity contribution in [2.75, 3.05) is 11.9 Å². The first kappa shape index (κ1) is 12.4. The van der Waals surface area contributed by atoms with Gasteiger partial charge in [-0.1, -0.05) is 12.1 Å². The summed E-state index contributed by atoms with van der Waals surface area (Å²) >= 11 is 1.24. The summed E-state index contributed by atoms with van der Waals surface area (Å²) in [5, 5.41) is 12.5. The monoisotopic (exact) mass is 264 g/mol. The SMILES string of the molecule is CCOc1ccccc1Nc1scnc1C(=O)O. The number of hydrogen-bond acceptors (Lipinski definition) is 5. The lowest BCUT2D eigenvalue weighted by atomic mass is 10.3. The van der Waals surface area contributed by atoms with Gasteiger partial charge in [0, 0.05) is 0 Å². The zero-order valence-electron chi connectivity index (χ0n) is 9.71. The second-order valence-corrected chi connectivity index (χ2v) is 4.24. The van der Waals surface area contributed by atoms with E-state index in [9.17, 15) is 4.79 Å². The molecule has 94 valence electrons. The lowest BCUT2D eigenvalue weighted by Crippen LogP contribution is -2.02. The third-order valence-corrected chi connectivity index (χ3v) is 2.95. The zero-order chi connectivity index (χ0) is 13.0. The first-order valence-electron chi connectivity index (χ1n) is 5.38. The van der Waals surface area contributed by atoms with E-state index in [1.54, 1.807) is 0 Å². The van der Waals surface area contributed by atoms with E-state index in [1.807, 2.05) is 31.2 Å². The minimum Gasteiger partial charge on any atom is -0.492 e. The molecule has 1 heterocycles. The Morgan fingerprint density at radius 2 is 2.28 bits per heavy atom. The maximum absolute atomic E-state index is 11.0. The molecule has 0 radical (unpaired) electrons. The molecule has 2 aromatic rings. The van der Waals surface area contributed by atoms with Crippen LogP contribution in [0.2, 0.25) is 0 Å². The van der Waals surface area contributed by atoms with Crippen LogP contribution in [-0.2, 0) is 0 Å². The fraction of sp³-hybridized carbons (Fsp3) is 0.167.